The molecule has 0 bridgehead atoms. The lowest BCUT2D eigenvalue weighted by molar-refractivity contribution is -0.123. The van der Waals surface area contributed by atoms with Gasteiger partial charge in [0.2, 0.25) is 0 Å². The molecule has 0 saturated carbocycles. The minimum Gasteiger partial charge on any atom is -0.508 e. The minimum absolute atomic E-state index is 0.0533. The van der Waals surface area contributed by atoms with E-state index in [9.17, 15) is 9.59 Å². The number of ether oxygens (including phenoxy) is 1. The number of carbonyl (C=O) groups excluding carboxylic acids is 2. The van der Waals surface area contributed by atoms with E-state index in [1.54, 1.807) is 12.1 Å². The smallest absolute Gasteiger partial charge is 0.276 e. The van der Waals surface area contributed by atoms with Gasteiger partial charge in [-0.15, -0.1) is 0 Å². The van der Waals surface area contributed by atoms with Crippen molar-refractivity contribution in [2.75, 3.05) is 6.61 Å². The van der Waals surface area contributed by atoms with Crippen LogP contribution in [0.25, 0.3) is 0 Å². The second-order valence-electron chi connectivity index (χ2n) is 5.21. The summed E-state index contributed by atoms with van der Waals surface area (Å²) in [5.41, 5.74) is 6.53. The molecule has 3 N–H and O–H groups in total. The zero-order valence-electron chi connectivity index (χ0n) is 13.2. The molecule has 2 aromatic rings. The van der Waals surface area contributed by atoms with Gasteiger partial charge in [0.25, 0.3) is 11.8 Å². The number of amides is 2. The number of carbonyl (C=O) groups is 2. The number of phenols is 1. The summed E-state index contributed by atoms with van der Waals surface area (Å²) < 4.78 is 5.38. The topological polar surface area (TPSA) is 87.7 Å². The van der Waals surface area contributed by atoms with Crippen LogP contribution in [0.2, 0.25) is 5.02 Å². The number of phenolic OH excluding ortho intramolecular Hbond substituents is 1. The molecule has 2 amide bonds. The zero-order chi connectivity index (χ0) is 17.7. The van der Waals surface area contributed by atoms with Gasteiger partial charge in [0, 0.05) is 10.6 Å². The number of aromatic hydroxyl groups is 1. The van der Waals surface area contributed by atoms with Crippen molar-refractivity contribution in [3.63, 3.8) is 0 Å². The number of hydrogen-bond acceptors (Lipinski definition) is 4. The van der Waals surface area contributed by atoms with Gasteiger partial charge in [0.05, 0.1) is 0 Å². The summed E-state index contributed by atoms with van der Waals surface area (Å²) in [6.07, 6.45) is 0. The van der Waals surface area contributed by atoms with Gasteiger partial charge in [-0.1, -0.05) is 11.6 Å². The Hall–Kier alpha value is -2.73. The van der Waals surface area contributed by atoms with Crippen LogP contribution >= 0.6 is 11.6 Å². The van der Waals surface area contributed by atoms with Crippen LogP contribution in [0.4, 0.5) is 0 Å². The molecule has 0 aromatic heterocycles. The Morgan fingerprint density at radius 2 is 1.67 bits per heavy atom. The predicted octanol–water partition coefficient (Wildman–Crippen LogP) is 2.50. The van der Waals surface area contributed by atoms with Crippen molar-refractivity contribution in [2.45, 2.75) is 13.8 Å². The molecule has 126 valence electrons. The molecule has 0 aliphatic rings. The van der Waals surface area contributed by atoms with E-state index in [0.717, 1.165) is 11.1 Å². The Kier molecular flexibility index (Phi) is 5.65. The van der Waals surface area contributed by atoms with Gasteiger partial charge >= 0.3 is 0 Å². The van der Waals surface area contributed by atoms with E-state index in [1.165, 1.54) is 24.3 Å². The number of hydrazine groups is 1. The SMILES string of the molecule is Cc1cc(OCC(=O)NNC(=O)c2ccc(O)cc2)cc(C)c1Cl. The van der Waals surface area contributed by atoms with Gasteiger partial charge < -0.3 is 9.84 Å². The first-order chi connectivity index (χ1) is 11.4. The molecule has 0 fully saturated rings. The first-order valence-corrected chi connectivity index (χ1v) is 7.52. The molecular weight excluding hydrogens is 332 g/mol. The highest BCUT2D eigenvalue weighted by atomic mass is 35.5. The fourth-order valence-corrected chi connectivity index (χ4v) is 2.10. The summed E-state index contributed by atoms with van der Waals surface area (Å²) in [7, 11) is 0. The summed E-state index contributed by atoms with van der Waals surface area (Å²) in [6.45, 7) is 3.44. The molecule has 24 heavy (non-hydrogen) atoms. The van der Waals surface area contributed by atoms with Gasteiger partial charge in [0.15, 0.2) is 6.61 Å². The quantitative estimate of drug-likeness (QED) is 0.741. The lowest BCUT2D eigenvalue weighted by atomic mass is 10.1. The van der Waals surface area contributed by atoms with Gasteiger partial charge in [-0.2, -0.15) is 0 Å². The maximum Gasteiger partial charge on any atom is 0.276 e. The Morgan fingerprint density at radius 3 is 2.25 bits per heavy atom. The minimum atomic E-state index is -0.507. The number of rotatable bonds is 4. The van der Waals surface area contributed by atoms with Gasteiger partial charge in [0.1, 0.15) is 11.5 Å². The van der Waals surface area contributed by atoms with Gasteiger partial charge in [-0.05, 0) is 61.4 Å². The fourth-order valence-electron chi connectivity index (χ4n) is 1.99. The zero-order valence-corrected chi connectivity index (χ0v) is 14.0. The second kappa shape index (κ2) is 7.70. The largest absolute Gasteiger partial charge is 0.508 e. The van der Waals surface area contributed by atoms with E-state index in [2.05, 4.69) is 10.9 Å². The highest BCUT2D eigenvalue weighted by Gasteiger charge is 2.09. The van der Waals surface area contributed by atoms with Gasteiger partial charge in [-0.25, -0.2) is 0 Å². The standard InChI is InChI=1S/C17H17ClN2O4/c1-10-7-14(8-11(2)16(10)18)24-9-15(22)19-20-17(23)12-3-5-13(21)6-4-12/h3-8,21H,9H2,1-2H3,(H,19,22)(H,20,23). The summed E-state index contributed by atoms with van der Waals surface area (Å²) in [6, 6.07) is 9.10. The summed E-state index contributed by atoms with van der Waals surface area (Å²) in [4.78, 5) is 23.5. The van der Waals surface area contributed by atoms with Crippen molar-refractivity contribution >= 4 is 23.4 Å². The van der Waals surface area contributed by atoms with E-state index >= 15 is 0 Å². The van der Waals surface area contributed by atoms with Gasteiger partial charge in [-0.3, -0.25) is 20.4 Å². The number of halogens is 1. The van der Waals surface area contributed by atoms with E-state index in [1.807, 2.05) is 13.8 Å². The molecule has 2 rings (SSSR count). The molecule has 7 heteroatoms. The Balaban J connectivity index is 1.83. The van der Waals surface area contributed by atoms with Crippen molar-refractivity contribution in [3.8, 4) is 11.5 Å². The molecule has 0 atom stereocenters. The van der Waals surface area contributed by atoms with E-state index in [-0.39, 0.29) is 12.4 Å². The van der Waals surface area contributed by atoms with Crippen molar-refractivity contribution in [1.82, 2.24) is 10.9 Å². The van der Waals surface area contributed by atoms with E-state index in [0.29, 0.717) is 16.3 Å². The molecule has 0 aliphatic carbocycles. The van der Waals surface area contributed by atoms with Crippen LogP contribution in [-0.2, 0) is 4.79 Å². The Morgan fingerprint density at radius 1 is 1.08 bits per heavy atom. The molecule has 2 aromatic carbocycles. The third-order valence-electron chi connectivity index (χ3n) is 3.22. The average Bonchev–Trinajstić information content (AvgIpc) is 2.56. The number of aryl methyl sites for hydroxylation is 2. The molecule has 6 nitrogen and oxygen atoms in total. The van der Waals surface area contributed by atoms with Crippen molar-refractivity contribution in [2.24, 2.45) is 0 Å². The summed E-state index contributed by atoms with van der Waals surface area (Å²) >= 11 is 6.07. The van der Waals surface area contributed by atoms with Crippen LogP contribution in [0.1, 0.15) is 21.5 Å². The van der Waals surface area contributed by atoms with E-state index in [4.69, 9.17) is 21.4 Å². The molecule has 0 unspecified atom stereocenters. The van der Waals surface area contributed by atoms with Crippen LogP contribution < -0.4 is 15.6 Å². The first-order valence-electron chi connectivity index (χ1n) is 7.14. The molecule has 0 aliphatic heterocycles. The Labute approximate surface area is 144 Å². The fraction of sp³-hybridized carbons (Fsp3) is 0.176. The van der Waals surface area contributed by atoms with Crippen molar-refractivity contribution in [3.05, 3.63) is 58.1 Å². The maximum atomic E-state index is 11.8. The molecule has 0 radical (unpaired) electrons. The highest BCUT2D eigenvalue weighted by Crippen LogP contribution is 2.25. The number of hydrogen-bond donors (Lipinski definition) is 3. The van der Waals surface area contributed by atoms with Crippen LogP contribution in [-0.4, -0.2) is 23.5 Å². The highest BCUT2D eigenvalue weighted by molar-refractivity contribution is 6.32. The maximum absolute atomic E-state index is 11.8. The summed E-state index contributed by atoms with van der Waals surface area (Å²) in [5, 5.41) is 9.82. The van der Waals surface area contributed by atoms with E-state index < -0.39 is 11.8 Å². The molecule has 0 saturated heterocycles. The Bertz CT molecular complexity index is 737. The van der Waals surface area contributed by atoms with Crippen LogP contribution in [0, 0.1) is 13.8 Å². The summed E-state index contributed by atoms with van der Waals surface area (Å²) in [5.74, 6) is -0.430. The molecule has 0 spiro atoms. The number of benzene rings is 2. The van der Waals surface area contributed by atoms with Crippen LogP contribution in [0.3, 0.4) is 0 Å². The van der Waals surface area contributed by atoms with Crippen molar-refractivity contribution in [1.29, 1.82) is 0 Å². The van der Waals surface area contributed by atoms with Crippen molar-refractivity contribution < 1.29 is 19.4 Å². The van der Waals surface area contributed by atoms with Crippen LogP contribution in [0.5, 0.6) is 11.5 Å². The lowest BCUT2D eigenvalue weighted by Gasteiger charge is -2.11. The third-order valence-corrected chi connectivity index (χ3v) is 3.82. The number of nitrogens with one attached hydrogen (secondary N) is 2. The predicted molar refractivity (Wildman–Crippen MR) is 90.1 cm³/mol. The first kappa shape index (κ1) is 17.6. The third kappa shape index (κ3) is 4.63. The normalized spacial score (nSPS) is 10.1. The monoisotopic (exact) mass is 348 g/mol. The second-order valence-corrected chi connectivity index (χ2v) is 5.59. The molecule has 0 heterocycles. The molecular formula is C17H17ClN2O4. The lowest BCUT2D eigenvalue weighted by Crippen LogP contribution is -2.43. The average molecular weight is 349 g/mol. The van der Waals surface area contributed by atoms with Crippen LogP contribution in [0.15, 0.2) is 36.4 Å².